The second-order valence-corrected chi connectivity index (χ2v) is 8.06. The van der Waals surface area contributed by atoms with Crippen molar-refractivity contribution >= 4 is 15.9 Å². The van der Waals surface area contributed by atoms with Crippen LogP contribution in [0.2, 0.25) is 0 Å². The van der Waals surface area contributed by atoms with Crippen LogP contribution >= 0.6 is 0 Å². The van der Waals surface area contributed by atoms with Crippen LogP contribution < -0.4 is 15.4 Å². The van der Waals surface area contributed by atoms with Gasteiger partial charge in [-0.3, -0.25) is 4.79 Å². The van der Waals surface area contributed by atoms with Crippen LogP contribution in [-0.4, -0.2) is 40.0 Å². The normalized spacial score (nSPS) is 21.8. The van der Waals surface area contributed by atoms with E-state index < -0.39 is 10.0 Å². The van der Waals surface area contributed by atoms with Gasteiger partial charge in [0.2, 0.25) is 10.0 Å². The third-order valence-electron chi connectivity index (χ3n) is 4.28. The molecule has 2 fully saturated rings. The van der Waals surface area contributed by atoms with Crippen molar-refractivity contribution in [2.24, 2.45) is 5.92 Å². The van der Waals surface area contributed by atoms with Gasteiger partial charge in [-0.15, -0.1) is 0 Å². The van der Waals surface area contributed by atoms with E-state index in [0.717, 1.165) is 38.8 Å². The third kappa shape index (κ3) is 4.53. The lowest BCUT2D eigenvalue weighted by Gasteiger charge is -2.22. The lowest BCUT2D eigenvalue weighted by molar-refractivity contribution is 0.0944. The first-order valence-corrected chi connectivity index (χ1v) is 9.64. The van der Waals surface area contributed by atoms with Crippen molar-refractivity contribution in [3.05, 3.63) is 29.8 Å². The maximum absolute atomic E-state index is 12.1. The Hall–Kier alpha value is -1.44. The predicted molar refractivity (Wildman–Crippen MR) is 87.7 cm³/mol. The highest BCUT2D eigenvalue weighted by Gasteiger charge is 2.28. The number of carbonyl (C=O) groups excluding carboxylic acids is 1. The van der Waals surface area contributed by atoms with Crippen molar-refractivity contribution in [3.63, 3.8) is 0 Å². The van der Waals surface area contributed by atoms with Crippen LogP contribution in [0.1, 0.15) is 36.0 Å². The number of sulfonamides is 1. The van der Waals surface area contributed by atoms with E-state index in [1.54, 1.807) is 12.1 Å². The van der Waals surface area contributed by atoms with Gasteiger partial charge < -0.3 is 10.6 Å². The molecule has 3 rings (SSSR count). The molecule has 1 saturated heterocycles. The summed E-state index contributed by atoms with van der Waals surface area (Å²) >= 11 is 0. The first-order chi connectivity index (χ1) is 11.0. The number of amides is 1. The molecule has 0 bridgehead atoms. The molecule has 3 N–H and O–H groups in total. The maximum Gasteiger partial charge on any atom is 0.251 e. The molecule has 7 heteroatoms. The molecule has 1 atom stereocenters. The molecule has 1 aromatic carbocycles. The van der Waals surface area contributed by atoms with E-state index in [1.165, 1.54) is 12.1 Å². The second kappa shape index (κ2) is 6.98. The Bertz CT molecular complexity index is 648. The van der Waals surface area contributed by atoms with Crippen molar-refractivity contribution in [2.75, 3.05) is 19.6 Å². The molecule has 1 unspecified atom stereocenters. The first kappa shape index (κ1) is 16.4. The molecule has 1 aromatic rings. The summed E-state index contributed by atoms with van der Waals surface area (Å²) < 4.78 is 26.8. The fourth-order valence-electron chi connectivity index (χ4n) is 2.71. The van der Waals surface area contributed by atoms with Gasteiger partial charge in [0.15, 0.2) is 0 Å². The number of piperidine rings is 1. The van der Waals surface area contributed by atoms with E-state index in [-0.39, 0.29) is 16.8 Å². The average Bonchev–Trinajstić information content (AvgIpc) is 3.37. The van der Waals surface area contributed by atoms with Gasteiger partial charge in [0.05, 0.1) is 4.90 Å². The van der Waals surface area contributed by atoms with E-state index in [9.17, 15) is 13.2 Å². The van der Waals surface area contributed by atoms with E-state index in [1.807, 2.05) is 0 Å². The average molecular weight is 337 g/mol. The zero-order valence-corrected chi connectivity index (χ0v) is 13.9. The number of rotatable bonds is 6. The lowest BCUT2D eigenvalue weighted by Crippen LogP contribution is -2.38. The molecule has 2 aliphatic rings. The molecule has 0 aromatic heterocycles. The minimum atomic E-state index is -3.46. The molecule has 1 saturated carbocycles. The van der Waals surface area contributed by atoms with Crippen molar-refractivity contribution in [2.45, 2.75) is 36.6 Å². The highest BCUT2D eigenvalue weighted by molar-refractivity contribution is 7.89. The SMILES string of the molecule is O=C(NCC1CCCNC1)c1ccc(S(=O)(=O)NC2CC2)cc1. The number of benzene rings is 1. The Labute approximate surface area is 137 Å². The number of nitrogens with one attached hydrogen (secondary N) is 3. The zero-order chi connectivity index (χ0) is 16.3. The standard InChI is InChI=1S/C16H23N3O3S/c20-16(18-11-12-2-1-9-17-10-12)13-3-7-15(8-4-13)23(21,22)19-14-5-6-14/h3-4,7-8,12,14,17,19H,1-2,5-6,9-11H2,(H,18,20). The summed E-state index contributed by atoms with van der Waals surface area (Å²) in [4.78, 5) is 12.3. The lowest BCUT2D eigenvalue weighted by atomic mass is 10.00. The predicted octanol–water partition coefficient (Wildman–Crippen LogP) is 0.857. The minimum Gasteiger partial charge on any atom is -0.352 e. The molecule has 23 heavy (non-hydrogen) atoms. The van der Waals surface area contributed by atoms with Gasteiger partial charge in [0.25, 0.3) is 5.91 Å². The van der Waals surface area contributed by atoms with E-state index in [0.29, 0.717) is 18.0 Å². The van der Waals surface area contributed by atoms with Crippen LogP contribution in [-0.2, 0) is 10.0 Å². The number of hydrogen-bond acceptors (Lipinski definition) is 4. The van der Waals surface area contributed by atoms with Crippen LogP contribution in [0.5, 0.6) is 0 Å². The molecular weight excluding hydrogens is 314 g/mol. The van der Waals surface area contributed by atoms with E-state index >= 15 is 0 Å². The molecule has 0 radical (unpaired) electrons. The van der Waals surface area contributed by atoms with Crippen LogP contribution in [0.15, 0.2) is 29.2 Å². The molecule has 0 spiro atoms. The van der Waals surface area contributed by atoms with Crippen LogP contribution in [0.3, 0.4) is 0 Å². The van der Waals surface area contributed by atoms with Crippen molar-refractivity contribution in [3.8, 4) is 0 Å². The molecule has 1 heterocycles. The van der Waals surface area contributed by atoms with Gasteiger partial charge >= 0.3 is 0 Å². The highest BCUT2D eigenvalue weighted by atomic mass is 32.2. The smallest absolute Gasteiger partial charge is 0.251 e. The fourth-order valence-corrected chi connectivity index (χ4v) is 4.02. The summed E-state index contributed by atoms with van der Waals surface area (Å²) in [7, 11) is -3.46. The molecule has 1 aliphatic carbocycles. The van der Waals surface area contributed by atoms with Crippen LogP contribution in [0.4, 0.5) is 0 Å². The molecule has 126 valence electrons. The van der Waals surface area contributed by atoms with Crippen molar-refractivity contribution < 1.29 is 13.2 Å². The third-order valence-corrected chi connectivity index (χ3v) is 5.81. The topological polar surface area (TPSA) is 87.3 Å². The summed E-state index contributed by atoms with van der Waals surface area (Å²) in [6.45, 7) is 2.63. The summed E-state index contributed by atoms with van der Waals surface area (Å²) in [5.41, 5.74) is 0.485. The fraction of sp³-hybridized carbons (Fsp3) is 0.562. The Morgan fingerprint density at radius 3 is 2.52 bits per heavy atom. The van der Waals surface area contributed by atoms with Gasteiger partial charge in [0, 0.05) is 18.2 Å². The monoisotopic (exact) mass is 337 g/mol. The van der Waals surface area contributed by atoms with Crippen molar-refractivity contribution in [1.29, 1.82) is 0 Å². The van der Waals surface area contributed by atoms with Gasteiger partial charge in [0.1, 0.15) is 0 Å². The van der Waals surface area contributed by atoms with Gasteiger partial charge in [-0.1, -0.05) is 0 Å². The van der Waals surface area contributed by atoms with Gasteiger partial charge in [-0.05, 0) is 69.0 Å². The maximum atomic E-state index is 12.1. The van der Waals surface area contributed by atoms with Gasteiger partial charge in [-0.2, -0.15) is 0 Å². The zero-order valence-electron chi connectivity index (χ0n) is 13.0. The summed E-state index contributed by atoms with van der Waals surface area (Å²) in [5, 5.41) is 6.24. The van der Waals surface area contributed by atoms with Crippen LogP contribution in [0.25, 0.3) is 0 Å². The Morgan fingerprint density at radius 2 is 1.91 bits per heavy atom. The van der Waals surface area contributed by atoms with Crippen LogP contribution in [0, 0.1) is 5.92 Å². The number of hydrogen-bond donors (Lipinski definition) is 3. The Balaban J connectivity index is 1.56. The quantitative estimate of drug-likeness (QED) is 0.718. The molecular formula is C16H23N3O3S. The Kier molecular flexibility index (Phi) is 4.99. The van der Waals surface area contributed by atoms with Gasteiger partial charge in [-0.25, -0.2) is 13.1 Å². The van der Waals surface area contributed by atoms with Crippen molar-refractivity contribution in [1.82, 2.24) is 15.4 Å². The summed E-state index contributed by atoms with van der Waals surface area (Å²) in [6, 6.07) is 6.18. The number of carbonyl (C=O) groups is 1. The summed E-state index contributed by atoms with van der Waals surface area (Å²) in [6.07, 6.45) is 4.06. The molecule has 1 amide bonds. The molecule has 1 aliphatic heterocycles. The largest absolute Gasteiger partial charge is 0.352 e. The molecule has 6 nitrogen and oxygen atoms in total. The highest BCUT2D eigenvalue weighted by Crippen LogP contribution is 2.22. The summed E-state index contributed by atoms with van der Waals surface area (Å²) in [5.74, 6) is 0.310. The second-order valence-electron chi connectivity index (χ2n) is 6.34. The Morgan fingerprint density at radius 1 is 1.17 bits per heavy atom. The first-order valence-electron chi connectivity index (χ1n) is 8.16. The minimum absolute atomic E-state index is 0.0760. The van der Waals surface area contributed by atoms with E-state index in [4.69, 9.17) is 0 Å². The van der Waals surface area contributed by atoms with E-state index in [2.05, 4.69) is 15.4 Å².